The maximum absolute atomic E-state index is 13.8. The van der Waals surface area contributed by atoms with Crippen molar-refractivity contribution in [3.63, 3.8) is 0 Å². The number of benzene rings is 2. The van der Waals surface area contributed by atoms with Gasteiger partial charge in [0.1, 0.15) is 5.82 Å². The van der Waals surface area contributed by atoms with Gasteiger partial charge < -0.3 is 4.90 Å². The van der Waals surface area contributed by atoms with Crippen LogP contribution >= 0.6 is 0 Å². The third-order valence-corrected chi connectivity index (χ3v) is 6.87. The first-order valence-electron chi connectivity index (χ1n) is 12.5. The molecule has 0 saturated heterocycles. The molecule has 174 valence electrons. The zero-order valence-electron chi connectivity index (χ0n) is 19.9. The fourth-order valence-electron chi connectivity index (χ4n) is 5.14. The average Bonchev–Trinajstić information content (AvgIpc) is 3.39. The minimum Gasteiger partial charge on any atom is -0.332 e. The summed E-state index contributed by atoms with van der Waals surface area (Å²) < 4.78 is 1.81. The highest BCUT2D eigenvalue weighted by atomic mass is 16.2. The van der Waals surface area contributed by atoms with Gasteiger partial charge in [-0.05, 0) is 49.8 Å². The van der Waals surface area contributed by atoms with E-state index < -0.39 is 0 Å². The number of fused-ring (bicyclic) bond motifs is 1. The lowest BCUT2D eigenvalue weighted by Crippen LogP contribution is -2.42. The van der Waals surface area contributed by atoms with E-state index in [1.807, 2.05) is 51.9 Å². The summed E-state index contributed by atoms with van der Waals surface area (Å²) >= 11 is 0. The molecule has 0 spiro atoms. The van der Waals surface area contributed by atoms with Crippen LogP contribution in [0.25, 0.3) is 10.9 Å². The summed E-state index contributed by atoms with van der Waals surface area (Å²) in [6.07, 6.45) is 6.52. The fourth-order valence-corrected chi connectivity index (χ4v) is 5.14. The van der Waals surface area contributed by atoms with E-state index in [4.69, 9.17) is 4.98 Å². The second-order valence-corrected chi connectivity index (χ2v) is 9.12. The number of aromatic nitrogens is 2. The van der Waals surface area contributed by atoms with Crippen LogP contribution in [0.4, 0.5) is 0 Å². The van der Waals surface area contributed by atoms with E-state index >= 15 is 0 Å². The molecule has 1 amide bonds. The van der Waals surface area contributed by atoms with Gasteiger partial charge in [0.05, 0.1) is 16.9 Å². The van der Waals surface area contributed by atoms with Crippen molar-refractivity contribution in [2.75, 3.05) is 6.54 Å². The summed E-state index contributed by atoms with van der Waals surface area (Å²) in [6, 6.07) is 17.7. The van der Waals surface area contributed by atoms with Crippen LogP contribution in [-0.2, 0) is 17.8 Å². The Bertz CT molecular complexity index is 1130. The number of hydrogen-bond acceptors (Lipinski definition) is 3. The molecule has 0 aliphatic heterocycles. The molecule has 1 saturated carbocycles. The van der Waals surface area contributed by atoms with Crippen molar-refractivity contribution in [1.29, 1.82) is 0 Å². The predicted octanol–water partition coefficient (Wildman–Crippen LogP) is 5.52. The van der Waals surface area contributed by atoms with Crippen molar-refractivity contribution in [3.05, 3.63) is 76.3 Å². The van der Waals surface area contributed by atoms with Crippen LogP contribution < -0.4 is 5.56 Å². The monoisotopic (exact) mass is 445 g/mol. The Morgan fingerprint density at radius 2 is 1.76 bits per heavy atom. The van der Waals surface area contributed by atoms with Gasteiger partial charge in [-0.15, -0.1) is 0 Å². The molecule has 5 heteroatoms. The second kappa shape index (κ2) is 10.8. The molecular formula is C28H35N3O2. The van der Waals surface area contributed by atoms with Crippen molar-refractivity contribution >= 4 is 16.8 Å². The first kappa shape index (κ1) is 23.2. The Labute approximate surface area is 196 Å². The summed E-state index contributed by atoms with van der Waals surface area (Å²) in [5.74, 6) is 1.03. The van der Waals surface area contributed by atoms with Crippen LogP contribution in [0.15, 0.2) is 59.4 Å². The van der Waals surface area contributed by atoms with Crippen LogP contribution in [0.5, 0.6) is 0 Å². The molecule has 0 bridgehead atoms. The van der Waals surface area contributed by atoms with Crippen LogP contribution in [-0.4, -0.2) is 26.9 Å². The van der Waals surface area contributed by atoms with Crippen molar-refractivity contribution < 1.29 is 4.79 Å². The highest BCUT2D eigenvalue weighted by molar-refractivity contribution is 5.80. The van der Waals surface area contributed by atoms with E-state index in [9.17, 15) is 9.59 Å². The predicted molar refractivity (Wildman–Crippen MR) is 133 cm³/mol. The van der Waals surface area contributed by atoms with Crippen molar-refractivity contribution in [3.8, 4) is 0 Å². The number of hydrogen-bond donors (Lipinski definition) is 0. The molecule has 4 rings (SSSR count). The van der Waals surface area contributed by atoms with E-state index in [2.05, 4.69) is 26.0 Å². The molecule has 0 radical (unpaired) electrons. The maximum Gasteiger partial charge on any atom is 0.261 e. The molecule has 1 aliphatic rings. The number of nitrogens with zero attached hydrogens (tertiary/aromatic N) is 3. The van der Waals surface area contributed by atoms with Gasteiger partial charge in [-0.3, -0.25) is 14.2 Å². The lowest BCUT2D eigenvalue weighted by Gasteiger charge is -2.34. The first-order valence-corrected chi connectivity index (χ1v) is 12.5. The Morgan fingerprint density at radius 3 is 2.45 bits per heavy atom. The summed E-state index contributed by atoms with van der Waals surface area (Å²) in [6.45, 7) is 5.41. The van der Waals surface area contributed by atoms with E-state index in [0.717, 1.165) is 50.8 Å². The molecule has 0 N–H and O–H groups in total. The first-order chi connectivity index (χ1) is 16.1. The summed E-state index contributed by atoms with van der Waals surface area (Å²) in [5.41, 5.74) is 1.92. The van der Waals surface area contributed by atoms with E-state index in [0.29, 0.717) is 24.0 Å². The third-order valence-electron chi connectivity index (χ3n) is 6.87. The van der Waals surface area contributed by atoms with Crippen LogP contribution in [0.1, 0.15) is 69.8 Å². The number of para-hydroxylation sites is 1. The number of carbonyl (C=O) groups is 1. The van der Waals surface area contributed by atoms with Gasteiger partial charge in [0.2, 0.25) is 5.91 Å². The Hall–Kier alpha value is -2.95. The maximum atomic E-state index is 13.8. The standard InChI is InChI=1S/C28H35N3O2/c1-3-19-31-26(29-24-17-11-10-16-23(24)28(31)33)25(4-2)30(27(32)22-14-8-9-15-22)20-18-21-12-6-5-7-13-21/h5-7,10-13,16-17,22,25H,3-4,8-9,14-15,18-20H2,1-2H3. The van der Waals surface area contributed by atoms with Crippen LogP contribution in [0, 0.1) is 5.92 Å². The van der Waals surface area contributed by atoms with Crippen molar-refractivity contribution in [1.82, 2.24) is 14.5 Å². The van der Waals surface area contributed by atoms with E-state index in [1.54, 1.807) is 0 Å². The average molecular weight is 446 g/mol. The lowest BCUT2D eigenvalue weighted by atomic mass is 10.0. The molecule has 33 heavy (non-hydrogen) atoms. The van der Waals surface area contributed by atoms with Crippen LogP contribution in [0.3, 0.4) is 0 Å². The minimum atomic E-state index is -0.217. The zero-order valence-corrected chi connectivity index (χ0v) is 19.9. The van der Waals surface area contributed by atoms with E-state index in [-0.39, 0.29) is 23.4 Å². The van der Waals surface area contributed by atoms with Gasteiger partial charge in [-0.25, -0.2) is 4.98 Å². The Morgan fingerprint density at radius 1 is 1.06 bits per heavy atom. The molecule has 2 aromatic carbocycles. The highest BCUT2D eigenvalue weighted by Gasteiger charge is 2.33. The Balaban J connectivity index is 1.77. The third kappa shape index (κ3) is 5.02. The molecule has 1 unspecified atom stereocenters. The smallest absolute Gasteiger partial charge is 0.261 e. The lowest BCUT2D eigenvalue weighted by molar-refractivity contribution is -0.138. The molecule has 1 aliphatic carbocycles. The van der Waals surface area contributed by atoms with Crippen molar-refractivity contribution in [2.45, 2.75) is 71.4 Å². The number of amides is 1. The summed E-state index contributed by atoms with van der Waals surface area (Å²) in [7, 11) is 0. The topological polar surface area (TPSA) is 55.2 Å². The fraction of sp³-hybridized carbons (Fsp3) is 0.464. The van der Waals surface area contributed by atoms with Gasteiger partial charge in [0.25, 0.3) is 5.56 Å². The summed E-state index contributed by atoms with van der Waals surface area (Å²) in [4.78, 5) is 34.2. The zero-order chi connectivity index (χ0) is 23.2. The van der Waals surface area contributed by atoms with Gasteiger partial charge >= 0.3 is 0 Å². The molecule has 1 heterocycles. The normalized spacial score (nSPS) is 15.1. The SMILES string of the molecule is CCCn1c(C(CC)N(CCc2ccccc2)C(=O)C2CCCC2)nc2ccccc2c1=O. The molecule has 5 nitrogen and oxygen atoms in total. The highest BCUT2D eigenvalue weighted by Crippen LogP contribution is 2.32. The molecule has 1 fully saturated rings. The van der Waals surface area contributed by atoms with E-state index in [1.165, 1.54) is 5.56 Å². The van der Waals surface area contributed by atoms with Gasteiger partial charge in [0.15, 0.2) is 0 Å². The largest absolute Gasteiger partial charge is 0.332 e. The van der Waals surface area contributed by atoms with Crippen LogP contribution in [0.2, 0.25) is 0 Å². The minimum absolute atomic E-state index is 0.00720. The molecule has 1 atom stereocenters. The second-order valence-electron chi connectivity index (χ2n) is 9.12. The molecular weight excluding hydrogens is 410 g/mol. The molecule has 3 aromatic rings. The summed E-state index contributed by atoms with van der Waals surface area (Å²) in [5, 5.41) is 0.641. The Kier molecular flexibility index (Phi) is 7.58. The number of carbonyl (C=O) groups excluding carboxylic acids is 1. The van der Waals surface area contributed by atoms with Crippen molar-refractivity contribution in [2.24, 2.45) is 5.92 Å². The van der Waals surface area contributed by atoms with Gasteiger partial charge in [-0.1, -0.05) is 69.2 Å². The quantitative estimate of drug-likeness (QED) is 0.436. The number of rotatable bonds is 9. The van der Waals surface area contributed by atoms with Gasteiger partial charge in [0, 0.05) is 19.0 Å². The molecule has 1 aromatic heterocycles. The van der Waals surface area contributed by atoms with Gasteiger partial charge in [-0.2, -0.15) is 0 Å².